The van der Waals surface area contributed by atoms with Gasteiger partial charge < -0.3 is 9.80 Å². The molecule has 6 nitrogen and oxygen atoms in total. The van der Waals surface area contributed by atoms with E-state index in [1.165, 1.54) is 0 Å². The topological polar surface area (TPSA) is 70.6 Å². The van der Waals surface area contributed by atoms with E-state index in [4.69, 9.17) is 11.6 Å². The summed E-state index contributed by atoms with van der Waals surface area (Å²) in [6, 6.07) is 0.585. The second kappa shape index (κ2) is 8.29. The van der Waals surface area contributed by atoms with E-state index < -0.39 is 21.6 Å². The lowest BCUT2D eigenvalue weighted by Crippen LogP contribution is -2.47. The van der Waals surface area contributed by atoms with Crippen molar-refractivity contribution in [3.63, 3.8) is 0 Å². The van der Waals surface area contributed by atoms with Gasteiger partial charge in [-0.05, 0) is 32.3 Å². The van der Waals surface area contributed by atoms with E-state index in [-0.39, 0.29) is 40.2 Å². The first kappa shape index (κ1) is 22.1. The van der Waals surface area contributed by atoms with E-state index in [0.717, 1.165) is 12.3 Å². The largest absolute Gasteiger partial charge is 0.417 e. The zero-order chi connectivity index (χ0) is 21.4. The van der Waals surface area contributed by atoms with Crippen LogP contribution in [-0.4, -0.2) is 61.4 Å². The van der Waals surface area contributed by atoms with Gasteiger partial charge in [0.2, 0.25) is 5.91 Å². The summed E-state index contributed by atoms with van der Waals surface area (Å²) < 4.78 is 61.8. The van der Waals surface area contributed by atoms with Gasteiger partial charge in [0.15, 0.2) is 9.84 Å². The predicted octanol–water partition coefficient (Wildman–Crippen LogP) is 3.01. The Kier molecular flexibility index (Phi) is 6.33. The number of rotatable bonds is 4. The van der Waals surface area contributed by atoms with Crippen LogP contribution in [0.25, 0.3) is 0 Å². The number of hydrogen-bond acceptors (Lipinski definition) is 5. The first-order chi connectivity index (χ1) is 13.5. The van der Waals surface area contributed by atoms with Crippen LogP contribution in [0.5, 0.6) is 0 Å². The first-order valence-electron chi connectivity index (χ1n) is 9.50. The summed E-state index contributed by atoms with van der Waals surface area (Å²) >= 11 is 6.02. The summed E-state index contributed by atoms with van der Waals surface area (Å²) in [7, 11) is -3.08. The number of anilines is 1. The van der Waals surface area contributed by atoms with Crippen molar-refractivity contribution in [2.24, 2.45) is 5.92 Å². The van der Waals surface area contributed by atoms with Crippen molar-refractivity contribution in [1.29, 1.82) is 0 Å². The van der Waals surface area contributed by atoms with Crippen molar-refractivity contribution in [2.75, 3.05) is 36.0 Å². The quantitative estimate of drug-likeness (QED) is 0.701. The van der Waals surface area contributed by atoms with Gasteiger partial charge >= 0.3 is 6.18 Å². The van der Waals surface area contributed by atoms with Gasteiger partial charge in [0.05, 0.1) is 22.1 Å². The Labute approximate surface area is 172 Å². The summed E-state index contributed by atoms with van der Waals surface area (Å²) in [5.74, 6) is 0.0948. The fourth-order valence-electron chi connectivity index (χ4n) is 4.01. The minimum absolute atomic E-state index is 0.0104. The van der Waals surface area contributed by atoms with Gasteiger partial charge in [-0.25, -0.2) is 13.4 Å². The summed E-state index contributed by atoms with van der Waals surface area (Å²) in [5, 5.41) is -0.0732. The average molecular weight is 454 g/mol. The number of aromatic nitrogens is 1. The number of carbonyl (C=O) groups is 1. The van der Waals surface area contributed by atoms with Crippen LogP contribution in [0, 0.1) is 5.92 Å². The molecule has 0 unspecified atom stereocenters. The molecule has 2 fully saturated rings. The van der Waals surface area contributed by atoms with Crippen LogP contribution in [0.2, 0.25) is 5.02 Å². The van der Waals surface area contributed by atoms with Crippen LogP contribution < -0.4 is 4.90 Å². The zero-order valence-corrected chi connectivity index (χ0v) is 17.5. The molecule has 3 heterocycles. The number of amides is 1. The molecule has 0 radical (unpaired) electrons. The van der Waals surface area contributed by atoms with Crippen LogP contribution in [0.4, 0.5) is 19.0 Å². The van der Waals surface area contributed by atoms with Crippen LogP contribution >= 0.6 is 11.6 Å². The smallest absolute Gasteiger partial charge is 0.355 e. The monoisotopic (exact) mass is 453 g/mol. The molecular weight excluding hydrogens is 431 g/mol. The highest BCUT2D eigenvalue weighted by Gasteiger charge is 2.37. The third kappa shape index (κ3) is 4.96. The van der Waals surface area contributed by atoms with E-state index in [1.807, 2.05) is 6.92 Å². The second-order valence-electron chi connectivity index (χ2n) is 7.47. The molecule has 11 heteroatoms. The van der Waals surface area contributed by atoms with Crippen molar-refractivity contribution < 1.29 is 26.4 Å². The van der Waals surface area contributed by atoms with E-state index in [9.17, 15) is 26.4 Å². The fraction of sp³-hybridized carbons (Fsp3) is 0.667. The molecule has 0 bridgehead atoms. The highest BCUT2D eigenvalue weighted by Crippen LogP contribution is 2.35. The van der Waals surface area contributed by atoms with Gasteiger partial charge in [0, 0.05) is 37.8 Å². The van der Waals surface area contributed by atoms with E-state index in [0.29, 0.717) is 38.9 Å². The molecule has 1 aromatic rings. The summed E-state index contributed by atoms with van der Waals surface area (Å²) in [5.41, 5.74) is -0.901. The van der Waals surface area contributed by atoms with E-state index >= 15 is 0 Å². The molecule has 1 atom stereocenters. The number of nitrogens with zero attached hydrogens (tertiary/aromatic N) is 3. The van der Waals surface area contributed by atoms with Gasteiger partial charge in [-0.1, -0.05) is 11.6 Å². The molecule has 29 heavy (non-hydrogen) atoms. The van der Waals surface area contributed by atoms with Gasteiger partial charge in [-0.3, -0.25) is 4.79 Å². The fourth-order valence-corrected chi connectivity index (χ4v) is 6.02. The molecule has 2 aliphatic heterocycles. The van der Waals surface area contributed by atoms with Crippen molar-refractivity contribution in [2.45, 2.75) is 38.4 Å². The molecule has 162 valence electrons. The summed E-state index contributed by atoms with van der Waals surface area (Å²) in [6.07, 6.45) is -2.27. The Morgan fingerprint density at radius 3 is 2.45 bits per heavy atom. The Bertz CT molecular complexity index is 871. The second-order valence-corrected chi connectivity index (χ2v) is 10.1. The lowest BCUT2D eigenvalue weighted by molar-refractivity contribution is -0.138. The minimum Gasteiger partial charge on any atom is -0.355 e. The Morgan fingerprint density at radius 1 is 1.31 bits per heavy atom. The van der Waals surface area contributed by atoms with E-state index in [1.54, 1.807) is 9.80 Å². The SMILES string of the molecule is CCN(C(=O)C1CCN(c2ncc(C(F)(F)F)cc2Cl)CC1)[C@H]1CCS(=O)(=O)C1. The van der Waals surface area contributed by atoms with E-state index in [2.05, 4.69) is 4.98 Å². The Morgan fingerprint density at radius 2 is 1.97 bits per heavy atom. The number of pyridine rings is 1. The number of piperidine rings is 1. The molecule has 3 rings (SSSR count). The molecule has 2 saturated heterocycles. The molecule has 1 aromatic heterocycles. The Hall–Kier alpha value is -1.55. The number of hydrogen-bond donors (Lipinski definition) is 0. The molecule has 2 aliphatic rings. The third-order valence-corrected chi connectivity index (χ3v) is 7.59. The zero-order valence-electron chi connectivity index (χ0n) is 16.0. The molecular formula is C18H23ClF3N3O3S. The molecule has 0 aromatic carbocycles. The normalized spacial score (nSPS) is 22.7. The number of carbonyl (C=O) groups excluding carboxylic acids is 1. The van der Waals surface area contributed by atoms with Crippen molar-refractivity contribution >= 4 is 33.2 Å². The van der Waals surface area contributed by atoms with Crippen LogP contribution in [-0.2, 0) is 20.8 Å². The molecule has 1 amide bonds. The highest BCUT2D eigenvalue weighted by molar-refractivity contribution is 7.91. The first-order valence-corrected chi connectivity index (χ1v) is 11.7. The number of alkyl halides is 3. The third-order valence-electron chi connectivity index (χ3n) is 5.57. The van der Waals surface area contributed by atoms with Crippen molar-refractivity contribution in [3.05, 3.63) is 22.8 Å². The predicted molar refractivity (Wildman–Crippen MR) is 104 cm³/mol. The number of sulfone groups is 1. The number of halogens is 4. The average Bonchev–Trinajstić information content (AvgIpc) is 3.01. The van der Waals surface area contributed by atoms with Gasteiger partial charge in [-0.15, -0.1) is 0 Å². The molecule has 0 N–H and O–H groups in total. The maximum absolute atomic E-state index is 12.9. The lowest BCUT2D eigenvalue weighted by Gasteiger charge is -2.36. The molecule has 0 aliphatic carbocycles. The summed E-state index contributed by atoms with van der Waals surface area (Å²) in [4.78, 5) is 20.3. The van der Waals surface area contributed by atoms with Crippen molar-refractivity contribution in [3.8, 4) is 0 Å². The molecule has 0 spiro atoms. The highest BCUT2D eigenvalue weighted by atomic mass is 35.5. The standard InChI is InChI=1S/C18H23ClF3N3O3S/c1-2-25(14-5-8-29(27,28)11-14)17(26)12-3-6-24(7-4-12)16-15(19)9-13(10-23-16)18(20,21)22/h9-10,12,14H,2-8,11H2,1H3/t14-/m0/s1. The van der Waals surface area contributed by atoms with Gasteiger partial charge in [0.1, 0.15) is 5.82 Å². The Balaban J connectivity index is 1.63. The van der Waals surface area contributed by atoms with Crippen LogP contribution in [0.1, 0.15) is 31.7 Å². The van der Waals surface area contributed by atoms with Crippen LogP contribution in [0.3, 0.4) is 0 Å². The van der Waals surface area contributed by atoms with Crippen molar-refractivity contribution in [1.82, 2.24) is 9.88 Å². The summed E-state index contributed by atoms with van der Waals surface area (Å²) in [6.45, 7) is 3.17. The van der Waals surface area contributed by atoms with Gasteiger partial charge in [0.25, 0.3) is 0 Å². The maximum Gasteiger partial charge on any atom is 0.417 e. The lowest BCUT2D eigenvalue weighted by atomic mass is 9.94. The van der Waals surface area contributed by atoms with Crippen LogP contribution in [0.15, 0.2) is 12.3 Å². The minimum atomic E-state index is -4.51. The molecule has 0 saturated carbocycles. The van der Waals surface area contributed by atoms with Gasteiger partial charge in [-0.2, -0.15) is 13.2 Å². The maximum atomic E-state index is 12.9.